The summed E-state index contributed by atoms with van der Waals surface area (Å²) in [4.78, 5) is 37.2. The van der Waals surface area contributed by atoms with Crippen molar-refractivity contribution in [2.24, 2.45) is 5.92 Å². The molecule has 1 aliphatic rings. The van der Waals surface area contributed by atoms with Crippen LogP contribution in [0.3, 0.4) is 0 Å². The average Bonchev–Trinajstić information content (AvgIpc) is 3.04. The third kappa shape index (κ3) is 8.51. The molecule has 5 rings (SSSR count). The van der Waals surface area contributed by atoms with Crippen LogP contribution in [0.15, 0.2) is 107 Å². The van der Waals surface area contributed by atoms with Crippen LogP contribution in [0.5, 0.6) is 5.75 Å². The van der Waals surface area contributed by atoms with E-state index in [4.69, 9.17) is 4.74 Å². The van der Waals surface area contributed by atoms with E-state index in [-0.39, 0.29) is 42.9 Å². The number of ether oxygens (including phenoxy) is 1. The van der Waals surface area contributed by atoms with Crippen molar-refractivity contribution in [1.29, 1.82) is 0 Å². The third-order valence-corrected chi connectivity index (χ3v) is 8.94. The lowest BCUT2D eigenvalue weighted by molar-refractivity contribution is -0.115. The van der Waals surface area contributed by atoms with E-state index in [1.807, 2.05) is 25.1 Å². The monoisotopic (exact) mass is 624 g/mol. The van der Waals surface area contributed by atoms with Gasteiger partial charge in [-0.3, -0.25) is 19.5 Å². The molecule has 1 aromatic heterocycles. The van der Waals surface area contributed by atoms with Gasteiger partial charge < -0.3 is 20.1 Å². The van der Waals surface area contributed by atoms with Gasteiger partial charge in [-0.2, -0.15) is 0 Å². The molecule has 3 aromatic carbocycles. The number of likely N-dealkylation sites (N-methyl/N-ethyl adjacent to an activating group) is 1. The first-order chi connectivity index (χ1) is 21.8. The molecule has 9 heteroatoms. The number of amides is 2. The predicted octanol–water partition coefficient (Wildman–Crippen LogP) is 5.77. The van der Waals surface area contributed by atoms with Gasteiger partial charge in [-0.25, -0.2) is 0 Å². The molecule has 2 N–H and O–H groups in total. The summed E-state index contributed by atoms with van der Waals surface area (Å²) in [6, 6.07) is 27.4. The Bertz CT molecular complexity index is 1570. The Hall–Kier alpha value is -4.18. The number of aliphatic hydroxyl groups is 1. The van der Waals surface area contributed by atoms with E-state index >= 15 is 0 Å². The molecule has 0 saturated carbocycles. The molecular formula is C36H40N4O4S. The fourth-order valence-electron chi connectivity index (χ4n) is 5.41. The highest BCUT2D eigenvalue weighted by molar-refractivity contribution is 7.99. The molecule has 8 nitrogen and oxygen atoms in total. The molecule has 0 spiro atoms. The van der Waals surface area contributed by atoms with Gasteiger partial charge in [0.1, 0.15) is 6.10 Å². The van der Waals surface area contributed by atoms with Crippen LogP contribution in [-0.4, -0.2) is 70.6 Å². The molecule has 0 fully saturated rings. The minimum Gasteiger partial charge on any atom is -0.486 e. The number of hydrogen-bond donors (Lipinski definition) is 2. The zero-order chi connectivity index (χ0) is 31.8. The number of hydrogen-bond acceptors (Lipinski definition) is 7. The largest absolute Gasteiger partial charge is 0.486 e. The molecule has 234 valence electrons. The highest BCUT2D eigenvalue weighted by Gasteiger charge is 2.34. The smallest absolute Gasteiger partial charge is 0.258 e. The normalized spacial score (nSPS) is 17.2. The minimum atomic E-state index is -0.374. The Labute approximate surface area is 269 Å². The van der Waals surface area contributed by atoms with Gasteiger partial charge in [0.2, 0.25) is 5.91 Å². The lowest BCUT2D eigenvalue weighted by Crippen LogP contribution is -2.49. The lowest BCUT2D eigenvalue weighted by atomic mass is 9.98. The summed E-state index contributed by atoms with van der Waals surface area (Å²) in [5.74, 6) is -0.149. The summed E-state index contributed by atoms with van der Waals surface area (Å²) in [6.45, 7) is 5.50. The summed E-state index contributed by atoms with van der Waals surface area (Å²) in [6.07, 6.45) is 3.18. The number of nitrogens with one attached hydrogen (secondary N) is 1. The van der Waals surface area contributed by atoms with Gasteiger partial charge >= 0.3 is 0 Å². The highest BCUT2D eigenvalue weighted by Crippen LogP contribution is 2.35. The van der Waals surface area contributed by atoms with Crippen LogP contribution in [-0.2, 0) is 17.8 Å². The van der Waals surface area contributed by atoms with Crippen LogP contribution in [0.4, 0.5) is 5.69 Å². The van der Waals surface area contributed by atoms with Crippen molar-refractivity contribution in [1.82, 2.24) is 14.8 Å². The fourth-order valence-corrected chi connectivity index (χ4v) is 6.25. The second-order valence-corrected chi connectivity index (χ2v) is 12.8. The molecule has 1 aliphatic heterocycles. The van der Waals surface area contributed by atoms with Crippen molar-refractivity contribution in [3.05, 3.63) is 114 Å². The van der Waals surface area contributed by atoms with Gasteiger partial charge in [-0.15, -0.1) is 0 Å². The van der Waals surface area contributed by atoms with Gasteiger partial charge in [0, 0.05) is 47.7 Å². The van der Waals surface area contributed by atoms with Crippen LogP contribution in [0.1, 0.15) is 35.3 Å². The number of rotatable bonds is 11. The van der Waals surface area contributed by atoms with Gasteiger partial charge in [-0.1, -0.05) is 55.1 Å². The Balaban J connectivity index is 1.34. The fraction of sp³-hybridized carbons (Fsp3) is 0.306. The van der Waals surface area contributed by atoms with Crippen LogP contribution >= 0.6 is 11.8 Å². The maximum absolute atomic E-state index is 13.8. The molecule has 2 amide bonds. The molecule has 45 heavy (non-hydrogen) atoms. The Morgan fingerprint density at radius 1 is 1.02 bits per heavy atom. The summed E-state index contributed by atoms with van der Waals surface area (Å²) in [7, 11) is 2.06. The van der Waals surface area contributed by atoms with Crippen molar-refractivity contribution >= 4 is 29.3 Å². The lowest BCUT2D eigenvalue weighted by Gasteiger charge is -2.38. The molecule has 4 aromatic rings. The van der Waals surface area contributed by atoms with Crippen molar-refractivity contribution < 1.29 is 19.4 Å². The van der Waals surface area contributed by atoms with Crippen LogP contribution in [0.25, 0.3) is 0 Å². The Morgan fingerprint density at radius 2 is 1.73 bits per heavy atom. The van der Waals surface area contributed by atoms with Gasteiger partial charge in [0.25, 0.3) is 5.91 Å². The minimum absolute atomic E-state index is 0.0521. The average molecular weight is 625 g/mol. The van der Waals surface area contributed by atoms with E-state index in [1.54, 1.807) is 59.4 Å². The zero-order valence-electron chi connectivity index (χ0n) is 25.9. The standard InChI is InChI=1S/C36H40N4O4S/c1-25-21-40(26(2)24-41)36(43)31-10-7-11-32(38-34(42)20-27-16-18-37-19-17-27)35(31)44-33(25)23-39(3)22-28-12-14-30(15-13-28)45-29-8-5-4-6-9-29/h4-19,25-26,33,41H,20-24H2,1-3H3,(H,38,42)/t25-,26+,33-/m1/s1. The first-order valence-electron chi connectivity index (χ1n) is 15.2. The molecule has 0 unspecified atom stereocenters. The van der Waals surface area contributed by atoms with Crippen LogP contribution < -0.4 is 10.1 Å². The van der Waals surface area contributed by atoms with E-state index < -0.39 is 0 Å². The van der Waals surface area contributed by atoms with E-state index in [0.717, 1.165) is 12.1 Å². The number of carbonyl (C=O) groups excluding carboxylic acids is 2. The van der Waals surface area contributed by atoms with Gasteiger partial charge in [0.15, 0.2) is 5.75 Å². The summed E-state index contributed by atoms with van der Waals surface area (Å²) in [5.41, 5.74) is 2.83. The maximum atomic E-state index is 13.8. The highest BCUT2D eigenvalue weighted by atomic mass is 32.2. The quantitative estimate of drug-likeness (QED) is 0.219. The third-order valence-electron chi connectivity index (χ3n) is 7.93. The number of aliphatic hydroxyl groups excluding tert-OH is 1. The first kappa shape index (κ1) is 32.2. The molecule has 0 saturated heterocycles. The summed E-state index contributed by atoms with van der Waals surface area (Å²) >= 11 is 1.74. The summed E-state index contributed by atoms with van der Waals surface area (Å²) in [5, 5.41) is 13.0. The zero-order valence-corrected chi connectivity index (χ0v) is 26.7. The van der Waals surface area contributed by atoms with Crippen LogP contribution in [0, 0.1) is 5.92 Å². The van der Waals surface area contributed by atoms with Gasteiger partial charge in [-0.05, 0) is 73.6 Å². The molecule has 0 aliphatic carbocycles. The number of carbonyl (C=O) groups is 2. The second-order valence-electron chi connectivity index (χ2n) is 11.6. The molecule has 0 radical (unpaired) electrons. The van der Waals surface area contributed by atoms with E-state index in [9.17, 15) is 14.7 Å². The topological polar surface area (TPSA) is 95.0 Å². The molecular weight excluding hydrogens is 584 g/mol. The van der Waals surface area contributed by atoms with Crippen molar-refractivity contribution in [2.45, 2.75) is 48.7 Å². The summed E-state index contributed by atoms with van der Waals surface area (Å²) < 4.78 is 6.68. The Kier molecular flexibility index (Phi) is 10.9. The number of anilines is 1. The SMILES string of the molecule is C[C@@H]1CN([C@@H](C)CO)C(=O)c2cccc(NC(=O)Cc3ccncc3)c2O[C@@H]1CN(C)Cc1ccc(Sc2ccccc2)cc1. The number of fused-ring (bicyclic) bond motifs is 1. The van der Waals surface area contributed by atoms with E-state index in [0.29, 0.717) is 30.1 Å². The second kappa shape index (κ2) is 15.2. The van der Waals surface area contributed by atoms with E-state index in [2.05, 4.69) is 65.6 Å². The van der Waals surface area contributed by atoms with Gasteiger partial charge in [0.05, 0.1) is 30.3 Å². The Morgan fingerprint density at radius 3 is 2.44 bits per heavy atom. The number of benzene rings is 3. The van der Waals surface area contributed by atoms with E-state index in [1.165, 1.54) is 15.4 Å². The number of para-hydroxylation sites is 1. The van der Waals surface area contributed by atoms with Crippen LogP contribution in [0.2, 0.25) is 0 Å². The molecule has 3 atom stereocenters. The number of aromatic nitrogens is 1. The maximum Gasteiger partial charge on any atom is 0.258 e. The van der Waals surface area contributed by atoms with Crippen molar-refractivity contribution in [3.63, 3.8) is 0 Å². The first-order valence-corrected chi connectivity index (χ1v) is 16.0. The molecule has 2 heterocycles. The number of nitrogens with zero attached hydrogens (tertiary/aromatic N) is 3. The van der Waals surface area contributed by atoms with Crippen molar-refractivity contribution in [2.75, 3.05) is 32.1 Å². The number of pyridine rings is 1. The van der Waals surface area contributed by atoms with Crippen molar-refractivity contribution in [3.8, 4) is 5.75 Å². The predicted molar refractivity (Wildman–Crippen MR) is 178 cm³/mol. The molecule has 0 bridgehead atoms.